The van der Waals surface area contributed by atoms with Crippen LogP contribution in [0.25, 0.3) is 10.9 Å². The molecule has 0 saturated carbocycles. The topological polar surface area (TPSA) is 79.4 Å². The van der Waals surface area contributed by atoms with Crippen molar-refractivity contribution < 1.29 is 14.3 Å². The molecule has 1 atom stereocenters. The van der Waals surface area contributed by atoms with Crippen molar-refractivity contribution in [3.63, 3.8) is 0 Å². The molecule has 3 rings (SSSR count). The van der Waals surface area contributed by atoms with Crippen molar-refractivity contribution in [1.82, 2.24) is 9.78 Å². The summed E-state index contributed by atoms with van der Waals surface area (Å²) in [5.74, 6) is 0.00101. The Bertz CT molecular complexity index is 880. The average molecular weight is 376 g/mol. The van der Waals surface area contributed by atoms with Crippen LogP contribution < -0.4 is 10.5 Å². The molecule has 0 bridgehead atoms. The van der Waals surface area contributed by atoms with E-state index in [0.29, 0.717) is 29.7 Å². The highest BCUT2D eigenvalue weighted by Crippen LogP contribution is 2.28. The van der Waals surface area contributed by atoms with E-state index in [1.165, 1.54) is 7.11 Å². The van der Waals surface area contributed by atoms with Crippen LogP contribution in [-0.2, 0) is 18.2 Å². The van der Waals surface area contributed by atoms with E-state index in [-0.39, 0.29) is 18.4 Å². The van der Waals surface area contributed by atoms with Crippen molar-refractivity contribution >= 4 is 29.3 Å². The molecule has 3 aromatic rings. The number of nitrogens with two attached hydrogens (primary N) is 1. The Labute approximate surface area is 158 Å². The van der Waals surface area contributed by atoms with Crippen LogP contribution in [0.1, 0.15) is 15.9 Å². The number of halogens is 1. The summed E-state index contributed by atoms with van der Waals surface area (Å²) < 4.78 is 12.5. The first kappa shape index (κ1) is 19.8. The van der Waals surface area contributed by atoms with Crippen LogP contribution in [0, 0.1) is 0 Å². The van der Waals surface area contributed by atoms with Gasteiger partial charge in [0.1, 0.15) is 17.9 Å². The number of carbonyl (C=O) groups excluding carboxylic acids is 1. The van der Waals surface area contributed by atoms with Crippen LogP contribution in [0.4, 0.5) is 0 Å². The molecule has 7 heteroatoms. The number of aromatic nitrogens is 2. The van der Waals surface area contributed by atoms with E-state index in [2.05, 4.69) is 5.10 Å². The number of methoxy groups -OCH3 is 1. The molecule has 0 saturated heterocycles. The Morgan fingerprint density at radius 3 is 2.65 bits per heavy atom. The minimum absolute atomic E-state index is 0. The van der Waals surface area contributed by atoms with Gasteiger partial charge in [-0.25, -0.2) is 4.79 Å². The van der Waals surface area contributed by atoms with E-state index < -0.39 is 5.97 Å². The summed E-state index contributed by atoms with van der Waals surface area (Å²) in [5.41, 5.74) is 8.53. The largest absolute Gasteiger partial charge is 0.491 e. The Balaban J connectivity index is 0.00000243. The number of aryl methyl sites for hydroxylation is 1. The highest BCUT2D eigenvalue weighted by Gasteiger charge is 2.20. The summed E-state index contributed by atoms with van der Waals surface area (Å²) in [5, 5.41) is 4.89. The third-order valence-electron chi connectivity index (χ3n) is 4.08. The summed E-state index contributed by atoms with van der Waals surface area (Å²) in [6, 6.07) is 13.4. The average Bonchev–Trinajstić information content (AvgIpc) is 3.01. The first-order chi connectivity index (χ1) is 12.1. The van der Waals surface area contributed by atoms with Crippen LogP contribution >= 0.6 is 12.4 Å². The molecule has 138 valence electrons. The monoisotopic (exact) mass is 375 g/mol. The number of hydrogen-bond acceptors (Lipinski definition) is 5. The lowest BCUT2D eigenvalue weighted by molar-refractivity contribution is 0.0598. The van der Waals surface area contributed by atoms with Gasteiger partial charge in [-0.3, -0.25) is 4.68 Å². The van der Waals surface area contributed by atoms with E-state index in [9.17, 15) is 4.79 Å². The van der Waals surface area contributed by atoms with E-state index in [0.717, 1.165) is 11.1 Å². The van der Waals surface area contributed by atoms with Gasteiger partial charge in [-0.05, 0) is 24.1 Å². The summed E-state index contributed by atoms with van der Waals surface area (Å²) in [7, 11) is 3.17. The maximum absolute atomic E-state index is 12.2. The molecule has 1 heterocycles. The predicted molar refractivity (Wildman–Crippen MR) is 103 cm³/mol. The molecule has 0 spiro atoms. The molecule has 6 nitrogen and oxygen atoms in total. The van der Waals surface area contributed by atoms with Gasteiger partial charge in [0.2, 0.25) is 0 Å². The van der Waals surface area contributed by atoms with Crippen molar-refractivity contribution in [2.24, 2.45) is 12.8 Å². The highest BCUT2D eigenvalue weighted by molar-refractivity contribution is 6.06. The van der Waals surface area contributed by atoms with Gasteiger partial charge in [-0.2, -0.15) is 5.10 Å². The summed E-state index contributed by atoms with van der Waals surface area (Å²) in [4.78, 5) is 12.2. The SMILES string of the molecule is COC(=O)c1c(OC[C@H](N)Cc2ccccc2)ccc2c1cnn2C.Cl. The number of esters is 1. The highest BCUT2D eigenvalue weighted by atomic mass is 35.5. The smallest absolute Gasteiger partial charge is 0.342 e. The van der Waals surface area contributed by atoms with Crippen molar-refractivity contribution in [2.75, 3.05) is 13.7 Å². The van der Waals surface area contributed by atoms with E-state index in [4.69, 9.17) is 15.2 Å². The van der Waals surface area contributed by atoms with Gasteiger partial charge in [-0.15, -0.1) is 12.4 Å². The zero-order chi connectivity index (χ0) is 17.8. The fourth-order valence-corrected chi connectivity index (χ4v) is 2.81. The van der Waals surface area contributed by atoms with Gasteiger partial charge in [0.25, 0.3) is 0 Å². The normalized spacial score (nSPS) is 11.7. The van der Waals surface area contributed by atoms with Crippen LogP contribution in [0.15, 0.2) is 48.7 Å². The fraction of sp³-hybridized carbons (Fsp3) is 0.263. The zero-order valence-corrected chi connectivity index (χ0v) is 15.5. The number of fused-ring (bicyclic) bond motifs is 1. The van der Waals surface area contributed by atoms with Gasteiger partial charge < -0.3 is 15.2 Å². The lowest BCUT2D eigenvalue weighted by Gasteiger charge is -2.15. The number of benzene rings is 2. The van der Waals surface area contributed by atoms with Crippen LogP contribution in [0.3, 0.4) is 0 Å². The molecule has 0 aliphatic rings. The molecule has 2 N–H and O–H groups in total. The van der Waals surface area contributed by atoms with Crippen LogP contribution in [0.5, 0.6) is 5.75 Å². The number of carbonyl (C=O) groups is 1. The third kappa shape index (κ3) is 4.15. The van der Waals surface area contributed by atoms with E-state index in [1.807, 2.05) is 43.4 Å². The minimum atomic E-state index is -0.453. The lowest BCUT2D eigenvalue weighted by Crippen LogP contribution is -2.30. The predicted octanol–water partition coefficient (Wildman–Crippen LogP) is 2.73. The lowest BCUT2D eigenvalue weighted by atomic mass is 10.1. The molecule has 2 aromatic carbocycles. The molecule has 0 amide bonds. The van der Waals surface area contributed by atoms with E-state index in [1.54, 1.807) is 16.9 Å². The van der Waals surface area contributed by atoms with Crippen molar-refractivity contribution in [3.8, 4) is 5.75 Å². The molecule has 0 aliphatic heterocycles. The molecular formula is C19H22ClN3O3. The Hall–Kier alpha value is -2.57. The zero-order valence-electron chi connectivity index (χ0n) is 14.7. The maximum Gasteiger partial charge on any atom is 0.342 e. The van der Waals surface area contributed by atoms with Gasteiger partial charge in [0.15, 0.2) is 0 Å². The number of rotatable bonds is 6. The first-order valence-electron chi connectivity index (χ1n) is 8.05. The number of hydrogen-bond donors (Lipinski definition) is 1. The van der Waals surface area contributed by atoms with Crippen molar-refractivity contribution in [3.05, 3.63) is 59.8 Å². The standard InChI is InChI=1S/C19H21N3O3.ClH/c1-22-16-8-9-17(18(19(23)24-2)15(16)11-21-22)25-12-14(20)10-13-6-4-3-5-7-13;/h3-9,11,14H,10,12,20H2,1-2H3;1H/t14-;/m1./s1. The molecule has 26 heavy (non-hydrogen) atoms. The fourth-order valence-electron chi connectivity index (χ4n) is 2.81. The second-order valence-corrected chi connectivity index (χ2v) is 5.89. The summed E-state index contributed by atoms with van der Waals surface area (Å²) >= 11 is 0. The van der Waals surface area contributed by atoms with Gasteiger partial charge in [0, 0.05) is 18.5 Å². The molecule has 0 aliphatic carbocycles. The maximum atomic E-state index is 12.2. The third-order valence-corrected chi connectivity index (χ3v) is 4.08. The Morgan fingerprint density at radius 1 is 1.23 bits per heavy atom. The number of ether oxygens (including phenoxy) is 2. The molecule has 0 radical (unpaired) electrons. The van der Waals surface area contributed by atoms with Crippen molar-refractivity contribution in [1.29, 1.82) is 0 Å². The molecule has 1 aromatic heterocycles. The molecule has 0 fully saturated rings. The van der Waals surface area contributed by atoms with Gasteiger partial charge in [-0.1, -0.05) is 30.3 Å². The summed E-state index contributed by atoms with van der Waals surface area (Å²) in [6.07, 6.45) is 2.34. The summed E-state index contributed by atoms with van der Waals surface area (Å²) in [6.45, 7) is 0.296. The quantitative estimate of drug-likeness (QED) is 0.670. The van der Waals surface area contributed by atoms with Crippen LogP contribution in [0.2, 0.25) is 0 Å². The second-order valence-electron chi connectivity index (χ2n) is 5.89. The van der Waals surface area contributed by atoms with E-state index >= 15 is 0 Å². The molecule has 0 unspecified atom stereocenters. The number of nitrogens with zero attached hydrogens (tertiary/aromatic N) is 2. The Kier molecular flexibility index (Phi) is 6.60. The van der Waals surface area contributed by atoms with Crippen LogP contribution in [-0.4, -0.2) is 35.5 Å². The van der Waals surface area contributed by atoms with Crippen molar-refractivity contribution in [2.45, 2.75) is 12.5 Å². The second kappa shape index (κ2) is 8.69. The van der Waals surface area contributed by atoms with Gasteiger partial charge in [0.05, 0.1) is 18.8 Å². The van der Waals surface area contributed by atoms with Gasteiger partial charge >= 0.3 is 5.97 Å². The molecular weight excluding hydrogens is 354 g/mol. The Morgan fingerprint density at radius 2 is 1.96 bits per heavy atom. The minimum Gasteiger partial charge on any atom is -0.491 e. The first-order valence-corrected chi connectivity index (χ1v) is 8.05.